The van der Waals surface area contributed by atoms with Crippen molar-refractivity contribution < 1.29 is 0 Å². The first kappa shape index (κ1) is 10.6. The Hall–Kier alpha value is -0.950. The van der Waals surface area contributed by atoms with Crippen LogP contribution in [0.3, 0.4) is 0 Å². The zero-order valence-corrected chi connectivity index (χ0v) is 10.0. The van der Waals surface area contributed by atoms with Crippen LogP contribution in [0.25, 0.3) is 0 Å². The SMILES string of the molecule is C=C1N(CCCl)c2ccccc2C1(C)C. The smallest absolute Gasteiger partial charge is 0.0450 e. The Morgan fingerprint density at radius 2 is 2.00 bits per heavy atom. The summed E-state index contributed by atoms with van der Waals surface area (Å²) in [6.45, 7) is 9.44. The molecule has 1 aliphatic rings. The van der Waals surface area contributed by atoms with Crippen molar-refractivity contribution in [2.75, 3.05) is 17.3 Å². The lowest BCUT2D eigenvalue weighted by molar-refractivity contribution is 0.637. The molecular weight excluding hydrogens is 206 g/mol. The highest BCUT2D eigenvalue weighted by atomic mass is 35.5. The van der Waals surface area contributed by atoms with Gasteiger partial charge in [-0.15, -0.1) is 11.6 Å². The fourth-order valence-electron chi connectivity index (χ4n) is 2.22. The molecule has 0 fully saturated rings. The standard InChI is InChI=1S/C13H16ClN/c1-10-13(2,3)11-6-4-5-7-12(11)15(10)9-8-14/h4-7H,1,8-9H2,2-3H3. The number of halogens is 1. The van der Waals surface area contributed by atoms with E-state index < -0.39 is 0 Å². The number of rotatable bonds is 2. The van der Waals surface area contributed by atoms with Gasteiger partial charge in [-0.2, -0.15) is 0 Å². The highest BCUT2D eigenvalue weighted by molar-refractivity contribution is 6.18. The Labute approximate surface area is 96.4 Å². The number of alkyl halides is 1. The molecule has 0 saturated heterocycles. The molecule has 0 spiro atoms. The van der Waals surface area contributed by atoms with Crippen molar-refractivity contribution in [2.24, 2.45) is 0 Å². The summed E-state index contributed by atoms with van der Waals surface area (Å²) in [5, 5.41) is 0. The molecule has 0 saturated carbocycles. The van der Waals surface area contributed by atoms with Gasteiger partial charge in [0.05, 0.1) is 0 Å². The molecule has 0 aromatic heterocycles. The fourth-order valence-corrected chi connectivity index (χ4v) is 2.38. The van der Waals surface area contributed by atoms with Gasteiger partial charge in [0, 0.05) is 29.2 Å². The Kier molecular flexibility index (Phi) is 2.51. The molecule has 80 valence electrons. The Balaban J connectivity index is 2.52. The third-order valence-corrected chi connectivity index (χ3v) is 3.39. The molecule has 1 nitrogen and oxygen atoms in total. The molecule has 0 amide bonds. The second kappa shape index (κ2) is 3.57. The molecule has 0 N–H and O–H groups in total. The van der Waals surface area contributed by atoms with Crippen molar-refractivity contribution >= 4 is 17.3 Å². The molecule has 0 aliphatic carbocycles. The van der Waals surface area contributed by atoms with E-state index in [0.29, 0.717) is 5.88 Å². The highest BCUT2D eigenvalue weighted by Crippen LogP contribution is 2.46. The maximum atomic E-state index is 5.82. The predicted octanol–water partition coefficient (Wildman–Crippen LogP) is 3.54. The average molecular weight is 222 g/mol. The van der Waals surface area contributed by atoms with Crippen LogP contribution in [0, 0.1) is 0 Å². The Morgan fingerprint density at radius 3 is 2.67 bits per heavy atom. The summed E-state index contributed by atoms with van der Waals surface area (Å²) < 4.78 is 0. The Morgan fingerprint density at radius 1 is 1.33 bits per heavy atom. The van der Waals surface area contributed by atoms with E-state index in [9.17, 15) is 0 Å². The van der Waals surface area contributed by atoms with E-state index in [-0.39, 0.29) is 5.41 Å². The first-order valence-electron chi connectivity index (χ1n) is 5.21. The minimum atomic E-state index is 0.0304. The number of para-hydroxylation sites is 1. The molecule has 15 heavy (non-hydrogen) atoms. The van der Waals surface area contributed by atoms with E-state index in [2.05, 4.69) is 49.6 Å². The molecule has 1 heterocycles. The number of hydrogen-bond acceptors (Lipinski definition) is 1. The summed E-state index contributed by atoms with van der Waals surface area (Å²) in [5.41, 5.74) is 3.78. The minimum Gasteiger partial charge on any atom is -0.343 e. The van der Waals surface area contributed by atoms with Crippen molar-refractivity contribution in [1.82, 2.24) is 0 Å². The first-order chi connectivity index (χ1) is 7.09. The summed E-state index contributed by atoms with van der Waals surface area (Å²) in [6.07, 6.45) is 0. The summed E-state index contributed by atoms with van der Waals surface area (Å²) in [5.74, 6) is 0.628. The third kappa shape index (κ3) is 1.46. The van der Waals surface area contributed by atoms with E-state index in [1.54, 1.807) is 0 Å². The van der Waals surface area contributed by atoms with Crippen LogP contribution in [0.5, 0.6) is 0 Å². The van der Waals surface area contributed by atoms with Gasteiger partial charge in [-0.3, -0.25) is 0 Å². The van der Waals surface area contributed by atoms with Gasteiger partial charge in [0.2, 0.25) is 0 Å². The molecule has 2 heteroatoms. The summed E-state index contributed by atoms with van der Waals surface area (Å²) in [7, 11) is 0. The lowest BCUT2D eigenvalue weighted by Gasteiger charge is -2.25. The van der Waals surface area contributed by atoms with Crippen molar-refractivity contribution in [3.05, 3.63) is 42.1 Å². The lowest BCUT2D eigenvalue weighted by Crippen LogP contribution is -2.26. The lowest BCUT2D eigenvalue weighted by atomic mass is 9.85. The van der Waals surface area contributed by atoms with Crippen molar-refractivity contribution in [2.45, 2.75) is 19.3 Å². The molecule has 1 aliphatic heterocycles. The minimum absolute atomic E-state index is 0.0304. The number of fused-ring (bicyclic) bond motifs is 1. The Bertz CT molecular complexity index is 395. The van der Waals surface area contributed by atoms with Crippen molar-refractivity contribution in [3.63, 3.8) is 0 Å². The second-order valence-corrected chi connectivity index (χ2v) is 4.81. The van der Waals surface area contributed by atoms with Crippen LogP contribution in [0.4, 0.5) is 5.69 Å². The second-order valence-electron chi connectivity index (χ2n) is 4.43. The highest BCUT2D eigenvalue weighted by Gasteiger charge is 2.37. The zero-order chi connectivity index (χ0) is 11.1. The first-order valence-corrected chi connectivity index (χ1v) is 5.75. The number of anilines is 1. The molecule has 0 radical (unpaired) electrons. The van der Waals surface area contributed by atoms with E-state index in [1.165, 1.54) is 11.3 Å². The van der Waals surface area contributed by atoms with Gasteiger partial charge in [0.25, 0.3) is 0 Å². The van der Waals surface area contributed by atoms with Gasteiger partial charge in [0.15, 0.2) is 0 Å². The van der Waals surface area contributed by atoms with E-state index in [0.717, 1.165) is 12.2 Å². The van der Waals surface area contributed by atoms with Crippen LogP contribution >= 0.6 is 11.6 Å². The normalized spacial score (nSPS) is 18.1. The molecule has 0 bridgehead atoms. The molecule has 1 aromatic carbocycles. The average Bonchev–Trinajstić information content (AvgIpc) is 2.42. The van der Waals surface area contributed by atoms with Crippen LogP contribution in [0.15, 0.2) is 36.5 Å². The maximum Gasteiger partial charge on any atom is 0.0450 e. The van der Waals surface area contributed by atoms with Crippen molar-refractivity contribution in [1.29, 1.82) is 0 Å². The van der Waals surface area contributed by atoms with E-state index in [4.69, 9.17) is 11.6 Å². The quantitative estimate of drug-likeness (QED) is 0.691. The number of hydrogen-bond donors (Lipinski definition) is 0. The van der Waals surface area contributed by atoms with Crippen LogP contribution in [0.1, 0.15) is 19.4 Å². The molecule has 0 unspecified atom stereocenters. The largest absolute Gasteiger partial charge is 0.343 e. The van der Waals surface area contributed by atoms with Gasteiger partial charge in [0.1, 0.15) is 0 Å². The molecule has 0 atom stereocenters. The topological polar surface area (TPSA) is 3.24 Å². The number of nitrogens with zero attached hydrogens (tertiary/aromatic N) is 1. The van der Waals surface area contributed by atoms with Gasteiger partial charge in [-0.25, -0.2) is 0 Å². The molecular formula is C13H16ClN. The van der Waals surface area contributed by atoms with Crippen LogP contribution in [0.2, 0.25) is 0 Å². The van der Waals surface area contributed by atoms with Gasteiger partial charge in [-0.05, 0) is 11.6 Å². The fraction of sp³-hybridized carbons (Fsp3) is 0.385. The molecule has 2 rings (SSSR count). The summed E-state index contributed by atoms with van der Waals surface area (Å²) in [6, 6.07) is 8.46. The number of benzene rings is 1. The van der Waals surface area contributed by atoms with Crippen molar-refractivity contribution in [3.8, 4) is 0 Å². The van der Waals surface area contributed by atoms with E-state index in [1.807, 2.05) is 0 Å². The predicted molar refractivity (Wildman–Crippen MR) is 66.7 cm³/mol. The van der Waals surface area contributed by atoms with Gasteiger partial charge >= 0.3 is 0 Å². The van der Waals surface area contributed by atoms with Crippen LogP contribution in [-0.2, 0) is 5.41 Å². The zero-order valence-electron chi connectivity index (χ0n) is 9.26. The summed E-state index contributed by atoms with van der Waals surface area (Å²) >= 11 is 5.82. The monoisotopic (exact) mass is 221 g/mol. The summed E-state index contributed by atoms with van der Waals surface area (Å²) in [4.78, 5) is 2.22. The van der Waals surface area contributed by atoms with Gasteiger partial charge < -0.3 is 4.90 Å². The van der Waals surface area contributed by atoms with E-state index >= 15 is 0 Å². The number of allylic oxidation sites excluding steroid dienone is 1. The third-order valence-electron chi connectivity index (χ3n) is 3.22. The van der Waals surface area contributed by atoms with Crippen LogP contribution in [-0.4, -0.2) is 12.4 Å². The van der Waals surface area contributed by atoms with Crippen LogP contribution < -0.4 is 4.90 Å². The maximum absolute atomic E-state index is 5.82. The molecule has 1 aromatic rings. The van der Waals surface area contributed by atoms with Gasteiger partial charge in [-0.1, -0.05) is 38.6 Å².